The van der Waals surface area contributed by atoms with E-state index in [0.717, 1.165) is 13.0 Å². The normalized spacial score (nSPS) is 13.6. The fourth-order valence-electron chi connectivity index (χ4n) is 2.87. The van der Waals surface area contributed by atoms with E-state index in [0.29, 0.717) is 16.6 Å². The molecule has 0 aromatic rings. The van der Waals surface area contributed by atoms with Gasteiger partial charge in [0.15, 0.2) is 8.32 Å². The predicted molar refractivity (Wildman–Crippen MR) is 84.8 cm³/mol. The third-order valence-electron chi connectivity index (χ3n) is 3.43. The van der Waals surface area contributed by atoms with Crippen molar-refractivity contribution >= 4 is 30.9 Å². The molecule has 0 N–H and O–H groups in total. The summed E-state index contributed by atoms with van der Waals surface area (Å²) in [6.45, 7) is 14.9. The molecule has 0 saturated carbocycles. The van der Waals surface area contributed by atoms with Crippen LogP contribution in [-0.4, -0.2) is 14.9 Å². The molecular weight excluding hydrogens is 327 g/mol. The Morgan fingerprint density at radius 1 is 1.00 bits per heavy atom. The molecule has 1 nitrogen and oxygen atoms in total. The molecule has 0 amide bonds. The zero-order chi connectivity index (χ0) is 12.8. The molecule has 0 unspecified atom stereocenters. The molecule has 0 spiro atoms. The quantitative estimate of drug-likeness (QED) is 0.332. The highest BCUT2D eigenvalue weighted by atomic mass is 127. The van der Waals surface area contributed by atoms with Crippen molar-refractivity contribution in [2.45, 2.75) is 64.6 Å². The zero-order valence-corrected chi connectivity index (χ0v) is 14.7. The zero-order valence-electron chi connectivity index (χ0n) is 11.6. The molecule has 0 radical (unpaired) electrons. The third-order valence-corrected chi connectivity index (χ3v) is 10.1. The average Bonchev–Trinajstić information content (AvgIpc) is 2.16. The summed E-state index contributed by atoms with van der Waals surface area (Å²) in [6.07, 6.45) is 3.23. The summed E-state index contributed by atoms with van der Waals surface area (Å²) in [6, 6.07) is 0. The van der Waals surface area contributed by atoms with Crippen LogP contribution in [0.15, 0.2) is 10.2 Å². The van der Waals surface area contributed by atoms with Gasteiger partial charge in [-0.2, -0.15) is 0 Å². The molecule has 0 aliphatic rings. The molecule has 96 valence electrons. The van der Waals surface area contributed by atoms with Gasteiger partial charge in [0, 0.05) is 6.61 Å². The van der Waals surface area contributed by atoms with Crippen molar-refractivity contribution in [3.05, 3.63) is 10.2 Å². The van der Waals surface area contributed by atoms with Crippen LogP contribution < -0.4 is 0 Å². The molecule has 0 heterocycles. The fraction of sp³-hybridized carbons (Fsp3) is 0.846. The van der Waals surface area contributed by atoms with Gasteiger partial charge in [0.25, 0.3) is 0 Å². The van der Waals surface area contributed by atoms with Crippen molar-refractivity contribution in [3.8, 4) is 0 Å². The van der Waals surface area contributed by atoms with Crippen LogP contribution in [0.1, 0.15) is 48.0 Å². The largest absolute Gasteiger partial charge is 0.416 e. The molecule has 0 aromatic heterocycles. The van der Waals surface area contributed by atoms with Crippen LogP contribution >= 0.6 is 22.6 Å². The first-order valence-electron chi connectivity index (χ1n) is 6.28. The first-order chi connectivity index (χ1) is 7.39. The second kappa shape index (κ2) is 7.87. The minimum atomic E-state index is -1.61. The van der Waals surface area contributed by atoms with Gasteiger partial charge in [0.2, 0.25) is 0 Å². The van der Waals surface area contributed by atoms with Gasteiger partial charge in [0.05, 0.1) is 0 Å². The smallest absolute Gasteiger partial charge is 0.200 e. The molecule has 0 aliphatic carbocycles. The van der Waals surface area contributed by atoms with Crippen LogP contribution in [0.3, 0.4) is 0 Å². The second-order valence-electron chi connectivity index (χ2n) is 5.32. The van der Waals surface area contributed by atoms with E-state index < -0.39 is 8.32 Å². The topological polar surface area (TPSA) is 9.23 Å². The minimum Gasteiger partial charge on any atom is -0.416 e. The second-order valence-corrected chi connectivity index (χ2v) is 11.5. The lowest BCUT2D eigenvalue weighted by atomic mass is 10.5. The van der Waals surface area contributed by atoms with E-state index in [1.807, 2.05) is 0 Å². The van der Waals surface area contributed by atoms with Gasteiger partial charge in [0.1, 0.15) is 0 Å². The van der Waals surface area contributed by atoms with Crippen molar-refractivity contribution in [2.75, 3.05) is 6.61 Å². The van der Waals surface area contributed by atoms with Crippen molar-refractivity contribution < 1.29 is 4.43 Å². The maximum atomic E-state index is 6.40. The standard InChI is InChI=1S/C13H27IOSi/c1-11(2)16(12(3)4,13(5)6)15-10-8-7-9-14/h7,9,11-13H,8,10H2,1-6H3/b9-7-. The van der Waals surface area contributed by atoms with Crippen LogP contribution in [0.25, 0.3) is 0 Å². The van der Waals surface area contributed by atoms with Crippen molar-refractivity contribution in [1.29, 1.82) is 0 Å². The monoisotopic (exact) mass is 354 g/mol. The number of hydrogen-bond donors (Lipinski definition) is 0. The maximum Gasteiger partial charge on any atom is 0.200 e. The summed E-state index contributed by atoms with van der Waals surface area (Å²) in [7, 11) is -1.61. The van der Waals surface area contributed by atoms with Crippen LogP contribution in [0.5, 0.6) is 0 Å². The van der Waals surface area contributed by atoms with Gasteiger partial charge >= 0.3 is 0 Å². The molecule has 0 saturated heterocycles. The van der Waals surface area contributed by atoms with Crippen molar-refractivity contribution in [2.24, 2.45) is 0 Å². The molecule has 0 fully saturated rings. The van der Waals surface area contributed by atoms with Gasteiger partial charge in [-0.3, -0.25) is 0 Å². The Hall–Kier alpha value is 0.647. The molecule has 0 atom stereocenters. The number of halogens is 1. The molecule has 0 rings (SSSR count). The van der Waals surface area contributed by atoms with E-state index in [2.05, 4.69) is 74.3 Å². The molecule has 16 heavy (non-hydrogen) atoms. The van der Waals surface area contributed by atoms with Gasteiger partial charge in [-0.1, -0.05) is 70.2 Å². The van der Waals surface area contributed by atoms with Gasteiger partial charge < -0.3 is 4.43 Å². The summed E-state index contributed by atoms with van der Waals surface area (Å²) in [5, 5.41) is 0. The van der Waals surface area contributed by atoms with Gasteiger partial charge in [-0.15, -0.1) is 0 Å². The summed E-state index contributed by atoms with van der Waals surface area (Å²) in [5.74, 6) is 0. The summed E-state index contributed by atoms with van der Waals surface area (Å²) in [5.41, 5.74) is 2.07. The lowest BCUT2D eigenvalue weighted by Crippen LogP contribution is -2.47. The van der Waals surface area contributed by atoms with Crippen LogP contribution in [-0.2, 0) is 4.43 Å². The van der Waals surface area contributed by atoms with Crippen LogP contribution in [0.2, 0.25) is 16.6 Å². The highest BCUT2D eigenvalue weighted by Gasteiger charge is 2.44. The van der Waals surface area contributed by atoms with Gasteiger partial charge in [-0.25, -0.2) is 0 Å². The Morgan fingerprint density at radius 3 is 1.75 bits per heavy atom. The summed E-state index contributed by atoms with van der Waals surface area (Å²) >= 11 is 2.26. The molecule has 0 aliphatic heterocycles. The Labute approximate surface area is 116 Å². The lowest BCUT2D eigenvalue weighted by Gasteiger charge is -2.42. The number of hydrogen-bond acceptors (Lipinski definition) is 1. The number of rotatable bonds is 7. The van der Waals surface area contributed by atoms with E-state index in [-0.39, 0.29) is 0 Å². The lowest BCUT2D eigenvalue weighted by molar-refractivity contribution is 0.284. The van der Waals surface area contributed by atoms with Crippen LogP contribution in [0, 0.1) is 0 Å². The van der Waals surface area contributed by atoms with E-state index in [9.17, 15) is 0 Å². The minimum absolute atomic E-state index is 0.691. The predicted octanol–water partition coefficient (Wildman–Crippen LogP) is 5.52. The van der Waals surface area contributed by atoms with E-state index in [1.165, 1.54) is 0 Å². The Morgan fingerprint density at radius 2 is 1.44 bits per heavy atom. The van der Waals surface area contributed by atoms with Crippen LogP contribution in [0.4, 0.5) is 0 Å². The van der Waals surface area contributed by atoms with Crippen molar-refractivity contribution in [1.82, 2.24) is 0 Å². The first-order valence-corrected chi connectivity index (χ1v) is 9.67. The Bertz CT molecular complexity index is 190. The summed E-state index contributed by atoms with van der Waals surface area (Å²) in [4.78, 5) is 0. The van der Waals surface area contributed by atoms with Crippen molar-refractivity contribution in [3.63, 3.8) is 0 Å². The molecule has 0 bridgehead atoms. The average molecular weight is 354 g/mol. The summed E-state index contributed by atoms with van der Waals surface area (Å²) < 4.78 is 8.47. The van der Waals surface area contributed by atoms with Gasteiger partial charge in [-0.05, 0) is 27.1 Å². The highest BCUT2D eigenvalue weighted by Crippen LogP contribution is 2.42. The molecule has 0 aromatic carbocycles. The SMILES string of the molecule is CC(C)[Si](OCC/C=C\I)(C(C)C)C(C)C. The maximum absolute atomic E-state index is 6.40. The fourth-order valence-corrected chi connectivity index (χ4v) is 8.70. The molecular formula is C13H27IOSi. The first kappa shape index (κ1) is 16.6. The third kappa shape index (κ3) is 4.15. The highest BCUT2D eigenvalue weighted by molar-refractivity contribution is 14.1. The van der Waals surface area contributed by atoms with E-state index >= 15 is 0 Å². The Kier molecular flexibility index (Phi) is 8.19. The Balaban J connectivity index is 4.64. The van der Waals surface area contributed by atoms with E-state index in [4.69, 9.17) is 4.43 Å². The molecule has 3 heteroatoms. The van der Waals surface area contributed by atoms with E-state index in [1.54, 1.807) is 0 Å².